The van der Waals surface area contributed by atoms with Crippen molar-refractivity contribution in [1.82, 2.24) is 4.72 Å². The van der Waals surface area contributed by atoms with E-state index in [2.05, 4.69) is 4.72 Å². The normalized spacial score (nSPS) is 20.0. The second-order valence-corrected chi connectivity index (χ2v) is 3.91. The number of sulfonamides is 1. The first-order valence-electron chi connectivity index (χ1n) is 3.11. The van der Waals surface area contributed by atoms with Crippen molar-refractivity contribution in [2.24, 2.45) is 0 Å². The van der Waals surface area contributed by atoms with Gasteiger partial charge in [0.05, 0.1) is 0 Å². The first-order valence-corrected chi connectivity index (χ1v) is 4.66. The SMILES string of the molecule is O=CS(=O)(=O)NC1CCC1. The van der Waals surface area contributed by atoms with Gasteiger partial charge in [0.25, 0.3) is 10.0 Å². The molecule has 4 nitrogen and oxygen atoms in total. The third kappa shape index (κ3) is 1.78. The molecule has 0 saturated heterocycles. The maximum absolute atomic E-state index is 10.5. The summed E-state index contributed by atoms with van der Waals surface area (Å²) >= 11 is 0. The maximum Gasteiger partial charge on any atom is 0.271 e. The lowest BCUT2D eigenvalue weighted by atomic mass is 9.94. The van der Waals surface area contributed by atoms with Crippen LogP contribution in [0.1, 0.15) is 19.3 Å². The standard InChI is InChI=1S/C5H9NO3S/c7-4-10(8,9)6-5-2-1-3-5/h4-6H,1-3H2. The van der Waals surface area contributed by atoms with Crippen molar-refractivity contribution in [3.05, 3.63) is 0 Å². The monoisotopic (exact) mass is 163 g/mol. The van der Waals surface area contributed by atoms with Crippen molar-refractivity contribution in [3.8, 4) is 0 Å². The average molecular weight is 163 g/mol. The summed E-state index contributed by atoms with van der Waals surface area (Å²) in [4.78, 5) is 9.85. The molecule has 5 heteroatoms. The highest BCUT2D eigenvalue weighted by Gasteiger charge is 2.22. The van der Waals surface area contributed by atoms with Crippen molar-refractivity contribution in [1.29, 1.82) is 0 Å². The molecule has 0 aromatic carbocycles. The van der Waals surface area contributed by atoms with Crippen molar-refractivity contribution in [2.75, 3.05) is 0 Å². The van der Waals surface area contributed by atoms with E-state index in [-0.39, 0.29) is 11.7 Å². The molecule has 58 valence electrons. The number of hydrogen-bond acceptors (Lipinski definition) is 3. The van der Waals surface area contributed by atoms with Gasteiger partial charge in [-0.1, -0.05) is 6.42 Å². The van der Waals surface area contributed by atoms with Gasteiger partial charge in [0.15, 0.2) is 0 Å². The predicted octanol–water partition coefficient (Wildman–Crippen LogP) is -0.352. The Balaban J connectivity index is 2.43. The van der Waals surface area contributed by atoms with E-state index in [4.69, 9.17) is 0 Å². The van der Waals surface area contributed by atoms with Crippen molar-refractivity contribution >= 4 is 15.6 Å². The smallest absolute Gasteiger partial charge is 0.271 e. The lowest BCUT2D eigenvalue weighted by molar-refractivity contribution is 0.385. The van der Waals surface area contributed by atoms with Crippen molar-refractivity contribution < 1.29 is 13.2 Å². The van der Waals surface area contributed by atoms with Crippen LogP contribution < -0.4 is 4.72 Å². The fraction of sp³-hybridized carbons (Fsp3) is 0.800. The number of nitrogens with one attached hydrogen (secondary N) is 1. The molecule has 1 fully saturated rings. The highest BCUT2D eigenvalue weighted by molar-refractivity contribution is 8.02. The van der Waals surface area contributed by atoms with Gasteiger partial charge in [-0.15, -0.1) is 0 Å². The van der Waals surface area contributed by atoms with Gasteiger partial charge in [0.1, 0.15) is 0 Å². The first-order chi connectivity index (χ1) is 4.64. The molecule has 0 radical (unpaired) electrons. The van der Waals surface area contributed by atoms with Crippen molar-refractivity contribution in [2.45, 2.75) is 25.3 Å². The highest BCUT2D eigenvalue weighted by atomic mass is 32.2. The summed E-state index contributed by atoms with van der Waals surface area (Å²) in [6.45, 7) is 0. The van der Waals surface area contributed by atoms with E-state index in [1.54, 1.807) is 0 Å². The largest absolute Gasteiger partial charge is 0.284 e. The average Bonchev–Trinajstić information content (AvgIpc) is 1.80. The second kappa shape index (κ2) is 2.67. The first kappa shape index (κ1) is 7.68. The molecule has 1 aliphatic rings. The van der Waals surface area contributed by atoms with Gasteiger partial charge in [0.2, 0.25) is 5.62 Å². The molecule has 0 spiro atoms. The Hall–Kier alpha value is -0.420. The number of carbonyl (C=O) groups excluding carboxylic acids is 1. The lowest BCUT2D eigenvalue weighted by Gasteiger charge is -2.24. The number of rotatable bonds is 3. The third-order valence-corrected chi connectivity index (χ3v) is 2.48. The van der Waals surface area contributed by atoms with E-state index in [0.717, 1.165) is 19.3 Å². The van der Waals surface area contributed by atoms with Gasteiger partial charge in [-0.25, -0.2) is 13.1 Å². The van der Waals surface area contributed by atoms with Crippen molar-refractivity contribution in [3.63, 3.8) is 0 Å². The highest BCUT2D eigenvalue weighted by Crippen LogP contribution is 2.18. The van der Waals surface area contributed by atoms with Crippen LogP contribution in [-0.4, -0.2) is 20.1 Å². The van der Waals surface area contributed by atoms with E-state index in [9.17, 15) is 13.2 Å². The van der Waals surface area contributed by atoms with Gasteiger partial charge in [-0.3, -0.25) is 4.79 Å². The Bertz CT molecular complexity index is 217. The summed E-state index contributed by atoms with van der Waals surface area (Å²) in [5.41, 5.74) is -0.0503. The topological polar surface area (TPSA) is 63.2 Å². The molecule has 1 N–H and O–H groups in total. The van der Waals surface area contributed by atoms with E-state index in [0.29, 0.717) is 0 Å². The predicted molar refractivity (Wildman–Crippen MR) is 36.4 cm³/mol. The van der Waals surface area contributed by atoms with Crippen LogP contribution in [0.2, 0.25) is 0 Å². The van der Waals surface area contributed by atoms with Crippen LogP contribution in [0, 0.1) is 0 Å². The summed E-state index contributed by atoms with van der Waals surface area (Å²) in [6.07, 6.45) is 2.76. The Morgan fingerprint density at radius 1 is 1.40 bits per heavy atom. The zero-order chi connectivity index (χ0) is 7.61. The van der Waals surface area contributed by atoms with Crippen LogP contribution in [0.4, 0.5) is 0 Å². The Morgan fingerprint density at radius 2 is 2.00 bits per heavy atom. The minimum Gasteiger partial charge on any atom is -0.284 e. The molecule has 0 unspecified atom stereocenters. The summed E-state index contributed by atoms with van der Waals surface area (Å²) < 4.78 is 23.3. The molecule has 0 atom stereocenters. The quantitative estimate of drug-likeness (QED) is 0.578. The third-order valence-electron chi connectivity index (χ3n) is 1.56. The molecule has 0 bridgehead atoms. The van der Waals surface area contributed by atoms with Crippen LogP contribution in [0.3, 0.4) is 0 Å². The van der Waals surface area contributed by atoms with E-state index in [1.165, 1.54) is 0 Å². The van der Waals surface area contributed by atoms with Gasteiger partial charge < -0.3 is 0 Å². The van der Waals surface area contributed by atoms with Gasteiger partial charge >= 0.3 is 0 Å². The maximum atomic E-state index is 10.5. The van der Waals surface area contributed by atoms with E-state index in [1.807, 2.05) is 0 Å². The van der Waals surface area contributed by atoms with Crippen LogP contribution in [-0.2, 0) is 14.8 Å². The number of carbonyl (C=O) groups is 1. The molecule has 0 amide bonds. The van der Waals surface area contributed by atoms with E-state index >= 15 is 0 Å². The van der Waals surface area contributed by atoms with Gasteiger partial charge in [0, 0.05) is 6.04 Å². The molecule has 0 aromatic heterocycles. The molecule has 0 heterocycles. The van der Waals surface area contributed by atoms with Crippen LogP contribution in [0.25, 0.3) is 0 Å². The molecule has 10 heavy (non-hydrogen) atoms. The summed E-state index contributed by atoms with van der Waals surface area (Å²) in [5, 5.41) is 0. The van der Waals surface area contributed by atoms with E-state index < -0.39 is 10.0 Å². The Kier molecular flexibility index (Phi) is 2.05. The van der Waals surface area contributed by atoms with Crippen LogP contribution in [0.5, 0.6) is 0 Å². The fourth-order valence-electron chi connectivity index (χ4n) is 0.786. The van der Waals surface area contributed by atoms with Gasteiger partial charge in [-0.2, -0.15) is 0 Å². The zero-order valence-electron chi connectivity index (χ0n) is 5.41. The van der Waals surface area contributed by atoms with Crippen LogP contribution >= 0.6 is 0 Å². The summed E-state index contributed by atoms with van der Waals surface area (Å²) in [5.74, 6) is 0. The minimum absolute atomic E-state index is 0.00944. The lowest BCUT2D eigenvalue weighted by Crippen LogP contribution is -2.39. The zero-order valence-corrected chi connectivity index (χ0v) is 6.23. The molecule has 0 aromatic rings. The Labute approximate surface area is 59.7 Å². The number of hydrogen-bond donors (Lipinski definition) is 1. The second-order valence-electron chi connectivity index (χ2n) is 2.39. The molecule has 1 aliphatic carbocycles. The van der Waals surface area contributed by atoms with Gasteiger partial charge in [-0.05, 0) is 12.8 Å². The minimum atomic E-state index is -3.61. The van der Waals surface area contributed by atoms with Crippen LogP contribution in [0.15, 0.2) is 0 Å². The summed E-state index contributed by atoms with van der Waals surface area (Å²) in [7, 11) is -3.61. The Morgan fingerprint density at radius 3 is 2.30 bits per heavy atom. The molecule has 1 rings (SSSR count). The summed E-state index contributed by atoms with van der Waals surface area (Å²) in [6, 6.07) is 0.00944. The molecule has 0 aliphatic heterocycles. The fourth-order valence-corrected chi connectivity index (χ4v) is 1.54. The molecular weight excluding hydrogens is 154 g/mol. The molecular formula is C5H9NO3S. The molecule has 1 saturated carbocycles.